The minimum Gasteiger partial charge on any atom is -0.357 e. The molecule has 0 saturated carbocycles. The average molecular weight is 268 g/mol. The SMILES string of the molecule is O=C(Nc1ccccn1)c1cccc(N2CCCC2)n1. The van der Waals surface area contributed by atoms with Crippen LogP contribution in [0.5, 0.6) is 0 Å². The first-order valence-electron chi connectivity index (χ1n) is 6.77. The summed E-state index contributed by atoms with van der Waals surface area (Å²) in [4.78, 5) is 22.9. The van der Waals surface area contributed by atoms with Gasteiger partial charge in [-0.3, -0.25) is 4.79 Å². The summed E-state index contributed by atoms with van der Waals surface area (Å²) in [6.45, 7) is 2.02. The molecule has 2 aromatic rings. The maximum Gasteiger partial charge on any atom is 0.275 e. The van der Waals surface area contributed by atoms with E-state index in [1.807, 2.05) is 24.3 Å². The zero-order chi connectivity index (χ0) is 13.8. The van der Waals surface area contributed by atoms with Crippen molar-refractivity contribution in [2.45, 2.75) is 12.8 Å². The number of nitrogens with zero attached hydrogens (tertiary/aromatic N) is 3. The molecule has 20 heavy (non-hydrogen) atoms. The molecule has 0 bridgehead atoms. The Hall–Kier alpha value is -2.43. The van der Waals surface area contributed by atoms with Gasteiger partial charge in [-0.2, -0.15) is 0 Å². The molecule has 0 aromatic carbocycles. The Bertz CT molecular complexity index is 594. The smallest absolute Gasteiger partial charge is 0.275 e. The standard InChI is InChI=1S/C15H16N4O/c20-15(18-13-7-1-2-9-16-13)12-6-5-8-14(17-12)19-10-3-4-11-19/h1-2,5-9H,3-4,10-11H2,(H,16,18,20). The molecule has 3 heterocycles. The van der Waals surface area contributed by atoms with Crippen LogP contribution in [0.2, 0.25) is 0 Å². The van der Waals surface area contributed by atoms with Gasteiger partial charge in [-0.1, -0.05) is 12.1 Å². The Morgan fingerprint density at radius 3 is 2.70 bits per heavy atom. The Morgan fingerprint density at radius 1 is 1.10 bits per heavy atom. The fraction of sp³-hybridized carbons (Fsp3) is 0.267. The molecule has 1 aliphatic rings. The summed E-state index contributed by atoms with van der Waals surface area (Å²) in [5.74, 6) is 1.17. The lowest BCUT2D eigenvalue weighted by atomic mass is 10.3. The van der Waals surface area contributed by atoms with E-state index in [0.29, 0.717) is 11.5 Å². The predicted octanol–water partition coefficient (Wildman–Crippen LogP) is 2.33. The molecule has 102 valence electrons. The lowest BCUT2D eigenvalue weighted by Gasteiger charge is -2.16. The van der Waals surface area contributed by atoms with E-state index in [0.717, 1.165) is 18.9 Å². The van der Waals surface area contributed by atoms with Crippen LogP contribution in [0.4, 0.5) is 11.6 Å². The molecule has 1 saturated heterocycles. The molecule has 3 rings (SSSR count). The van der Waals surface area contributed by atoms with E-state index in [4.69, 9.17) is 0 Å². The van der Waals surface area contributed by atoms with Crippen molar-refractivity contribution in [2.24, 2.45) is 0 Å². The van der Waals surface area contributed by atoms with Gasteiger partial charge in [-0.25, -0.2) is 9.97 Å². The summed E-state index contributed by atoms with van der Waals surface area (Å²) in [6.07, 6.45) is 4.02. The van der Waals surface area contributed by atoms with Crippen molar-refractivity contribution in [3.63, 3.8) is 0 Å². The van der Waals surface area contributed by atoms with Crippen LogP contribution in [0, 0.1) is 0 Å². The minimum absolute atomic E-state index is 0.232. The molecule has 5 nitrogen and oxygen atoms in total. The fourth-order valence-corrected chi connectivity index (χ4v) is 2.29. The number of carbonyl (C=O) groups is 1. The quantitative estimate of drug-likeness (QED) is 0.928. The number of hydrogen-bond acceptors (Lipinski definition) is 4. The van der Waals surface area contributed by atoms with E-state index in [9.17, 15) is 4.79 Å². The Morgan fingerprint density at radius 2 is 1.95 bits per heavy atom. The van der Waals surface area contributed by atoms with Crippen LogP contribution in [-0.2, 0) is 0 Å². The zero-order valence-corrected chi connectivity index (χ0v) is 11.1. The van der Waals surface area contributed by atoms with E-state index < -0.39 is 0 Å². The van der Waals surface area contributed by atoms with Gasteiger partial charge < -0.3 is 10.2 Å². The second-order valence-corrected chi connectivity index (χ2v) is 4.74. The van der Waals surface area contributed by atoms with Gasteiger partial charge in [0.05, 0.1) is 0 Å². The number of amides is 1. The van der Waals surface area contributed by atoms with Crippen molar-refractivity contribution in [1.29, 1.82) is 0 Å². The van der Waals surface area contributed by atoms with Crippen molar-refractivity contribution in [3.8, 4) is 0 Å². The molecule has 2 aromatic heterocycles. The number of nitrogens with one attached hydrogen (secondary N) is 1. The molecule has 0 radical (unpaired) electrons. The van der Waals surface area contributed by atoms with Crippen LogP contribution in [0.3, 0.4) is 0 Å². The highest BCUT2D eigenvalue weighted by Crippen LogP contribution is 2.18. The first-order valence-corrected chi connectivity index (χ1v) is 6.77. The number of rotatable bonds is 3. The second kappa shape index (κ2) is 5.69. The van der Waals surface area contributed by atoms with E-state index in [1.165, 1.54) is 12.8 Å². The van der Waals surface area contributed by atoms with Crippen LogP contribution in [0.15, 0.2) is 42.6 Å². The van der Waals surface area contributed by atoms with E-state index in [1.54, 1.807) is 18.3 Å². The van der Waals surface area contributed by atoms with Crippen LogP contribution in [0.25, 0.3) is 0 Å². The molecule has 0 aliphatic carbocycles. The number of aromatic nitrogens is 2. The van der Waals surface area contributed by atoms with E-state index in [-0.39, 0.29) is 5.91 Å². The molecule has 0 atom stereocenters. The molecule has 1 fully saturated rings. The van der Waals surface area contributed by atoms with E-state index in [2.05, 4.69) is 20.2 Å². The predicted molar refractivity (Wildman–Crippen MR) is 77.9 cm³/mol. The van der Waals surface area contributed by atoms with Crippen LogP contribution in [0.1, 0.15) is 23.3 Å². The molecule has 1 aliphatic heterocycles. The molecule has 5 heteroatoms. The van der Waals surface area contributed by atoms with Gasteiger partial charge in [0.25, 0.3) is 5.91 Å². The minimum atomic E-state index is -0.232. The van der Waals surface area contributed by atoms with Crippen molar-refractivity contribution in [1.82, 2.24) is 9.97 Å². The summed E-state index contributed by atoms with van der Waals surface area (Å²) < 4.78 is 0. The highest BCUT2D eigenvalue weighted by molar-refractivity contribution is 6.02. The molecular formula is C15H16N4O. The van der Waals surface area contributed by atoms with Gasteiger partial charge in [0.15, 0.2) is 0 Å². The Labute approximate surface area is 117 Å². The summed E-state index contributed by atoms with van der Waals surface area (Å²) >= 11 is 0. The van der Waals surface area contributed by atoms with Crippen LogP contribution < -0.4 is 10.2 Å². The van der Waals surface area contributed by atoms with Crippen molar-refractivity contribution < 1.29 is 4.79 Å². The number of carbonyl (C=O) groups excluding carboxylic acids is 1. The fourth-order valence-electron chi connectivity index (χ4n) is 2.29. The van der Waals surface area contributed by atoms with Crippen LogP contribution in [-0.4, -0.2) is 29.0 Å². The third-order valence-corrected chi connectivity index (χ3v) is 3.30. The normalized spacial score (nSPS) is 14.3. The van der Waals surface area contributed by atoms with Gasteiger partial charge in [0.2, 0.25) is 0 Å². The highest BCUT2D eigenvalue weighted by atomic mass is 16.1. The third kappa shape index (κ3) is 2.77. The molecule has 0 spiro atoms. The molecule has 0 unspecified atom stereocenters. The Kier molecular flexibility index (Phi) is 3.58. The first kappa shape index (κ1) is 12.6. The summed E-state index contributed by atoms with van der Waals surface area (Å²) in [5.41, 5.74) is 0.417. The largest absolute Gasteiger partial charge is 0.357 e. The summed E-state index contributed by atoms with van der Waals surface area (Å²) in [6, 6.07) is 10.9. The summed E-state index contributed by atoms with van der Waals surface area (Å²) in [7, 11) is 0. The number of pyridine rings is 2. The van der Waals surface area contributed by atoms with Crippen molar-refractivity contribution in [2.75, 3.05) is 23.3 Å². The molecular weight excluding hydrogens is 252 g/mol. The summed E-state index contributed by atoms with van der Waals surface area (Å²) in [5, 5.41) is 2.74. The number of hydrogen-bond donors (Lipinski definition) is 1. The van der Waals surface area contributed by atoms with Crippen molar-refractivity contribution in [3.05, 3.63) is 48.3 Å². The third-order valence-electron chi connectivity index (χ3n) is 3.30. The average Bonchev–Trinajstić information content (AvgIpc) is 3.03. The molecule has 1 amide bonds. The first-order chi connectivity index (χ1) is 9.83. The zero-order valence-electron chi connectivity index (χ0n) is 11.1. The van der Waals surface area contributed by atoms with Crippen molar-refractivity contribution >= 4 is 17.5 Å². The topological polar surface area (TPSA) is 58.1 Å². The van der Waals surface area contributed by atoms with Gasteiger partial charge in [0, 0.05) is 19.3 Å². The molecule has 1 N–H and O–H groups in total. The van der Waals surface area contributed by atoms with Gasteiger partial charge in [0.1, 0.15) is 17.3 Å². The highest BCUT2D eigenvalue weighted by Gasteiger charge is 2.15. The monoisotopic (exact) mass is 268 g/mol. The van der Waals surface area contributed by atoms with Gasteiger partial charge in [-0.05, 0) is 37.1 Å². The number of anilines is 2. The van der Waals surface area contributed by atoms with E-state index >= 15 is 0 Å². The Balaban J connectivity index is 1.76. The maximum absolute atomic E-state index is 12.1. The maximum atomic E-state index is 12.1. The van der Waals surface area contributed by atoms with Gasteiger partial charge in [-0.15, -0.1) is 0 Å². The lowest BCUT2D eigenvalue weighted by Crippen LogP contribution is -2.21. The lowest BCUT2D eigenvalue weighted by molar-refractivity contribution is 0.102. The second-order valence-electron chi connectivity index (χ2n) is 4.74. The van der Waals surface area contributed by atoms with Crippen LogP contribution >= 0.6 is 0 Å². The van der Waals surface area contributed by atoms with Gasteiger partial charge >= 0.3 is 0 Å².